The summed E-state index contributed by atoms with van der Waals surface area (Å²) in [6.45, 7) is 4.92. The van der Waals surface area contributed by atoms with E-state index >= 15 is 0 Å². The van der Waals surface area contributed by atoms with Crippen molar-refractivity contribution in [3.63, 3.8) is 0 Å². The van der Waals surface area contributed by atoms with Crippen LogP contribution in [0.1, 0.15) is 37.6 Å². The third-order valence-electron chi connectivity index (χ3n) is 4.39. The number of carbonyl (C=O) groups is 2. The summed E-state index contributed by atoms with van der Waals surface area (Å²) in [6, 6.07) is 3.87. The molecule has 1 fully saturated rings. The number of likely N-dealkylation sites (tertiary alicyclic amines) is 1. The first-order valence-electron chi connectivity index (χ1n) is 8.53. The van der Waals surface area contributed by atoms with Gasteiger partial charge >= 0.3 is 5.97 Å². The molecule has 1 aliphatic heterocycles. The quantitative estimate of drug-likeness (QED) is 0.762. The van der Waals surface area contributed by atoms with Crippen molar-refractivity contribution >= 4 is 23.2 Å². The van der Waals surface area contributed by atoms with Crippen molar-refractivity contribution in [2.75, 3.05) is 13.1 Å². The normalized spacial score (nSPS) is 17.5. The van der Waals surface area contributed by atoms with Crippen LogP contribution in [0.5, 0.6) is 0 Å². The maximum atomic E-state index is 12.4. The number of aromatic nitrogens is 1. The van der Waals surface area contributed by atoms with Crippen LogP contribution in [-0.4, -0.2) is 34.8 Å². The molecular weight excluding hydrogens is 340 g/mol. The van der Waals surface area contributed by atoms with E-state index in [9.17, 15) is 9.59 Å². The third-order valence-corrected chi connectivity index (χ3v) is 5.24. The average molecular weight is 362 g/mol. The van der Waals surface area contributed by atoms with Gasteiger partial charge in [0.25, 0.3) is 0 Å². The molecule has 2 aromatic rings. The number of oxazole rings is 1. The SMILES string of the molecule is CCC(=O)N1CCCC(C(=O)OCc2nc(-c3cccs3)oc2C)C1. The number of ether oxygens (including phenoxy) is 1. The molecular formula is C18H22N2O4S. The van der Waals surface area contributed by atoms with E-state index in [1.54, 1.807) is 16.2 Å². The summed E-state index contributed by atoms with van der Waals surface area (Å²) in [4.78, 5) is 31.3. The van der Waals surface area contributed by atoms with E-state index < -0.39 is 0 Å². The van der Waals surface area contributed by atoms with E-state index in [0.29, 0.717) is 30.3 Å². The van der Waals surface area contributed by atoms with Gasteiger partial charge in [0.15, 0.2) is 0 Å². The maximum Gasteiger partial charge on any atom is 0.311 e. The standard InChI is InChI=1S/C18H22N2O4S/c1-3-16(21)20-8-4-6-13(10-20)18(22)23-11-14-12(2)24-17(19-14)15-7-5-9-25-15/h5,7,9,13H,3-4,6,8,10-11H2,1-2H3. The molecule has 0 aromatic carbocycles. The number of hydrogen-bond acceptors (Lipinski definition) is 6. The molecule has 0 bridgehead atoms. The van der Waals surface area contributed by atoms with Crippen LogP contribution in [0.2, 0.25) is 0 Å². The highest BCUT2D eigenvalue weighted by Gasteiger charge is 2.29. The predicted octanol–water partition coefficient (Wildman–Crippen LogP) is 3.40. The molecule has 25 heavy (non-hydrogen) atoms. The Hall–Kier alpha value is -2.15. The Morgan fingerprint density at radius 1 is 1.48 bits per heavy atom. The largest absolute Gasteiger partial charge is 0.459 e. The number of hydrogen-bond donors (Lipinski definition) is 0. The van der Waals surface area contributed by atoms with Gasteiger partial charge < -0.3 is 14.1 Å². The lowest BCUT2D eigenvalue weighted by atomic mass is 9.98. The summed E-state index contributed by atoms with van der Waals surface area (Å²) in [5.41, 5.74) is 0.633. The molecule has 1 atom stereocenters. The van der Waals surface area contributed by atoms with Gasteiger partial charge in [-0.05, 0) is 31.2 Å². The molecule has 0 aliphatic carbocycles. The van der Waals surface area contributed by atoms with Crippen LogP contribution in [-0.2, 0) is 20.9 Å². The number of carbonyl (C=O) groups excluding carboxylic acids is 2. The highest BCUT2D eigenvalue weighted by atomic mass is 32.1. The van der Waals surface area contributed by atoms with Gasteiger partial charge in [-0.25, -0.2) is 4.98 Å². The van der Waals surface area contributed by atoms with Crippen molar-refractivity contribution in [2.45, 2.75) is 39.7 Å². The molecule has 0 N–H and O–H groups in total. The van der Waals surface area contributed by atoms with Crippen molar-refractivity contribution in [2.24, 2.45) is 5.92 Å². The summed E-state index contributed by atoms with van der Waals surface area (Å²) >= 11 is 1.55. The number of amides is 1. The lowest BCUT2D eigenvalue weighted by Crippen LogP contribution is -2.42. The second-order valence-electron chi connectivity index (χ2n) is 6.14. The molecule has 6 nitrogen and oxygen atoms in total. The monoisotopic (exact) mass is 362 g/mol. The van der Waals surface area contributed by atoms with Crippen molar-refractivity contribution in [3.05, 3.63) is 29.0 Å². The molecule has 0 saturated carbocycles. The highest BCUT2D eigenvalue weighted by molar-refractivity contribution is 7.13. The van der Waals surface area contributed by atoms with Gasteiger partial charge in [0.2, 0.25) is 11.8 Å². The topological polar surface area (TPSA) is 72.6 Å². The zero-order valence-electron chi connectivity index (χ0n) is 14.5. The zero-order chi connectivity index (χ0) is 17.8. The first kappa shape index (κ1) is 17.7. The van der Waals surface area contributed by atoms with Gasteiger partial charge in [0.1, 0.15) is 18.1 Å². The number of nitrogens with zero attached hydrogens (tertiary/aromatic N) is 2. The lowest BCUT2D eigenvalue weighted by Gasteiger charge is -2.31. The molecule has 7 heteroatoms. The second kappa shape index (κ2) is 7.82. The molecule has 1 unspecified atom stereocenters. The Kier molecular flexibility index (Phi) is 5.53. The molecule has 134 valence electrons. The fraction of sp³-hybridized carbons (Fsp3) is 0.500. The molecule has 2 aromatic heterocycles. The van der Waals surface area contributed by atoms with Gasteiger partial charge in [-0.1, -0.05) is 13.0 Å². The fourth-order valence-corrected chi connectivity index (χ4v) is 3.59. The van der Waals surface area contributed by atoms with Crippen LogP contribution in [0.15, 0.2) is 21.9 Å². The van der Waals surface area contributed by atoms with Gasteiger partial charge in [0, 0.05) is 19.5 Å². The summed E-state index contributed by atoms with van der Waals surface area (Å²) in [5, 5.41) is 1.96. The van der Waals surface area contributed by atoms with E-state index in [0.717, 1.165) is 24.3 Å². The molecule has 3 heterocycles. The fourth-order valence-electron chi connectivity index (χ4n) is 2.94. The number of esters is 1. The van der Waals surface area contributed by atoms with E-state index in [1.165, 1.54) is 0 Å². The van der Waals surface area contributed by atoms with Crippen LogP contribution in [0.3, 0.4) is 0 Å². The number of rotatable bonds is 5. The second-order valence-corrected chi connectivity index (χ2v) is 7.09. The Labute approximate surface area is 150 Å². The number of piperidine rings is 1. The predicted molar refractivity (Wildman–Crippen MR) is 93.9 cm³/mol. The molecule has 0 spiro atoms. The zero-order valence-corrected chi connectivity index (χ0v) is 15.3. The van der Waals surface area contributed by atoms with Crippen LogP contribution >= 0.6 is 11.3 Å². The van der Waals surface area contributed by atoms with Gasteiger partial charge in [-0.15, -0.1) is 11.3 Å². The van der Waals surface area contributed by atoms with E-state index in [1.807, 2.05) is 31.4 Å². The van der Waals surface area contributed by atoms with Crippen molar-refractivity contribution in [3.8, 4) is 10.8 Å². The smallest absolute Gasteiger partial charge is 0.311 e. The molecule has 1 amide bonds. The minimum absolute atomic E-state index is 0.0884. The lowest BCUT2D eigenvalue weighted by molar-refractivity contribution is -0.153. The van der Waals surface area contributed by atoms with Crippen molar-refractivity contribution in [1.82, 2.24) is 9.88 Å². The Balaban J connectivity index is 1.58. The molecule has 0 radical (unpaired) electrons. The third kappa shape index (κ3) is 4.10. The van der Waals surface area contributed by atoms with Gasteiger partial charge in [-0.2, -0.15) is 0 Å². The van der Waals surface area contributed by atoms with Gasteiger partial charge in [-0.3, -0.25) is 9.59 Å². The van der Waals surface area contributed by atoms with Crippen LogP contribution in [0, 0.1) is 12.8 Å². The number of thiophene rings is 1. The summed E-state index contributed by atoms with van der Waals surface area (Å²) in [6.07, 6.45) is 2.05. The summed E-state index contributed by atoms with van der Waals surface area (Å²) in [7, 11) is 0. The van der Waals surface area contributed by atoms with Crippen LogP contribution in [0.4, 0.5) is 0 Å². The number of aryl methyl sites for hydroxylation is 1. The maximum absolute atomic E-state index is 12.4. The highest BCUT2D eigenvalue weighted by Crippen LogP contribution is 2.26. The first-order chi connectivity index (χ1) is 12.1. The average Bonchev–Trinajstić information content (AvgIpc) is 3.28. The molecule has 3 rings (SSSR count). The Morgan fingerprint density at radius 3 is 3.04 bits per heavy atom. The van der Waals surface area contributed by atoms with E-state index in [-0.39, 0.29) is 24.4 Å². The Bertz CT molecular complexity index is 738. The molecule has 1 saturated heterocycles. The van der Waals surface area contributed by atoms with Crippen molar-refractivity contribution < 1.29 is 18.7 Å². The minimum atomic E-state index is -0.270. The minimum Gasteiger partial charge on any atom is -0.459 e. The van der Waals surface area contributed by atoms with Gasteiger partial charge in [0.05, 0.1) is 10.8 Å². The van der Waals surface area contributed by atoms with E-state index in [4.69, 9.17) is 9.15 Å². The summed E-state index contributed by atoms with van der Waals surface area (Å²) in [5.74, 6) is 0.769. The van der Waals surface area contributed by atoms with Crippen molar-refractivity contribution in [1.29, 1.82) is 0 Å². The van der Waals surface area contributed by atoms with Crippen LogP contribution < -0.4 is 0 Å². The summed E-state index contributed by atoms with van der Waals surface area (Å²) < 4.78 is 11.1. The first-order valence-corrected chi connectivity index (χ1v) is 9.41. The Morgan fingerprint density at radius 2 is 2.32 bits per heavy atom. The van der Waals surface area contributed by atoms with Crippen LogP contribution in [0.25, 0.3) is 10.8 Å². The van der Waals surface area contributed by atoms with E-state index in [2.05, 4.69) is 4.98 Å². The molecule has 1 aliphatic rings.